The van der Waals surface area contributed by atoms with Crippen molar-refractivity contribution in [3.8, 4) is 5.75 Å². The summed E-state index contributed by atoms with van der Waals surface area (Å²) in [6, 6.07) is 4.06. The number of hydrogen-bond donors (Lipinski definition) is 2. The number of benzene rings is 1. The van der Waals surface area contributed by atoms with Gasteiger partial charge >= 0.3 is 0 Å². The molecule has 0 radical (unpaired) electrons. The van der Waals surface area contributed by atoms with Crippen molar-refractivity contribution in [3.63, 3.8) is 0 Å². The van der Waals surface area contributed by atoms with Gasteiger partial charge in [-0.05, 0) is 79.9 Å². The first-order chi connectivity index (χ1) is 22.1. The highest BCUT2D eigenvalue weighted by Crippen LogP contribution is 2.40. The highest BCUT2D eigenvalue weighted by atomic mass is 32.2. The first kappa shape index (κ1) is 42.9. The number of aryl methyl sites for hydroxylation is 1. The Bertz CT molecular complexity index is 1070. The van der Waals surface area contributed by atoms with Crippen molar-refractivity contribution in [2.24, 2.45) is 5.10 Å². The molecular weight excluding hydrogens is 601 g/mol. The van der Waals surface area contributed by atoms with Crippen molar-refractivity contribution < 1.29 is 14.7 Å². The summed E-state index contributed by atoms with van der Waals surface area (Å²) in [7, 11) is 0. The minimum atomic E-state index is -0.281. The van der Waals surface area contributed by atoms with Crippen molar-refractivity contribution in [2.45, 2.75) is 187 Å². The highest BCUT2D eigenvalue weighted by Gasteiger charge is 2.26. The van der Waals surface area contributed by atoms with Gasteiger partial charge in [0.05, 0.1) is 0 Å². The summed E-state index contributed by atoms with van der Waals surface area (Å²) in [5, 5.41) is 15.2. The average Bonchev–Trinajstić information content (AvgIpc) is 2.97. The number of aromatic hydroxyl groups is 1. The van der Waals surface area contributed by atoms with Gasteiger partial charge in [0.2, 0.25) is 5.91 Å². The number of rotatable bonds is 24. The Kier molecular flexibility index (Phi) is 20.6. The third-order valence-corrected chi connectivity index (χ3v) is 9.82. The number of phenols is 1. The minimum Gasteiger partial charge on any atom is -0.507 e. The Morgan fingerprint density at radius 2 is 1.26 bits per heavy atom. The molecule has 0 aliphatic carbocycles. The maximum absolute atomic E-state index is 12.6. The molecule has 0 heterocycles. The summed E-state index contributed by atoms with van der Waals surface area (Å²) >= 11 is 1.69. The number of hydrogen-bond acceptors (Lipinski definition) is 5. The standard InChI is InChI=1S/C41H70N2O3S/c1-10-11-12-13-14-15-16-17-18-19-20-21-22-23-24-25-34(44)28-29-47-41(8,9)32-42-43-37(45)27-26-33-30-35(39(2,3)4)38(46)36(31-33)40(5,6)7/h17-18,30-32,46H,10-16,19-29H2,1-9H3,(H,43,45). The molecule has 0 spiro atoms. The summed E-state index contributed by atoms with van der Waals surface area (Å²) in [5.41, 5.74) is 5.12. The summed E-state index contributed by atoms with van der Waals surface area (Å²) in [5.74, 6) is 1.31. The summed E-state index contributed by atoms with van der Waals surface area (Å²) in [6.07, 6.45) is 25.1. The first-order valence-corrected chi connectivity index (χ1v) is 19.6. The molecule has 1 amide bonds. The lowest BCUT2D eigenvalue weighted by Crippen LogP contribution is -2.23. The second-order valence-corrected chi connectivity index (χ2v) is 17.7. The molecule has 0 unspecified atom stereocenters. The first-order valence-electron chi connectivity index (χ1n) is 18.6. The number of nitrogens with zero attached hydrogens (tertiary/aromatic N) is 1. The van der Waals surface area contributed by atoms with E-state index in [1.165, 1.54) is 70.6 Å². The number of carbonyl (C=O) groups excluding carboxylic acids is 2. The largest absolute Gasteiger partial charge is 0.507 e. The van der Waals surface area contributed by atoms with Crippen LogP contribution in [-0.4, -0.2) is 33.5 Å². The van der Waals surface area contributed by atoms with E-state index in [0.29, 0.717) is 37.2 Å². The molecule has 268 valence electrons. The number of thioether (sulfide) groups is 1. The van der Waals surface area contributed by atoms with Crippen LogP contribution in [0, 0.1) is 0 Å². The molecule has 0 aromatic heterocycles. The number of allylic oxidation sites excluding steroid dienone is 2. The van der Waals surface area contributed by atoms with Crippen LogP contribution in [0.5, 0.6) is 5.75 Å². The quantitative estimate of drug-likeness (QED) is 0.0496. The maximum Gasteiger partial charge on any atom is 0.240 e. The molecule has 5 nitrogen and oxygen atoms in total. The zero-order valence-corrected chi connectivity index (χ0v) is 32.6. The van der Waals surface area contributed by atoms with Gasteiger partial charge in [0.1, 0.15) is 11.5 Å². The van der Waals surface area contributed by atoms with E-state index in [-0.39, 0.29) is 21.5 Å². The Morgan fingerprint density at radius 1 is 0.745 bits per heavy atom. The zero-order chi connectivity index (χ0) is 35.3. The maximum atomic E-state index is 12.6. The molecular formula is C41H70N2O3S. The van der Waals surface area contributed by atoms with Crippen LogP contribution < -0.4 is 5.43 Å². The summed E-state index contributed by atoms with van der Waals surface area (Å²) < 4.78 is -0.281. The highest BCUT2D eigenvalue weighted by molar-refractivity contribution is 8.01. The smallest absolute Gasteiger partial charge is 0.240 e. The number of ketones is 1. The van der Waals surface area contributed by atoms with Crippen molar-refractivity contribution in [1.29, 1.82) is 0 Å². The molecule has 1 aromatic rings. The molecule has 0 bridgehead atoms. The Hall–Kier alpha value is -2.08. The van der Waals surface area contributed by atoms with Gasteiger partial charge in [0.15, 0.2) is 0 Å². The molecule has 1 rings (SSSR count). The van der Waals surface area contributed by atoms with E-state index < -0.39 is 0 Å². The monoisotopic (exact) mass is 671 g/mol. The Labute approximate surface area is 293 Å². The van der Waals surface area contributed by atoms with E-state index in [0.717, 1.165) is 35.3 Å². The van der Waals surface area contributed by atoms with Crippen LogP contribution in [-0.2, 0) is 26.8 Å². The van der Waals surface area contributed by atoms with E-state index >= 15 is 0 Å². The molecule has 0 aliphatic heterocycles. The number of nitrogens with one attached hydrogen (secondary N) is 1. The predicted molar refractivity (Wildman–Crippen MR) is 206 cm³/mol. The van der Waals surface area contributed by atoms with Crippen LogP contribution in [0.2, 0.25) is 0 Å². The fourth-order valence-corrected chi connectivity index (χ4v) is 6.52. The van der Waals surface area contributed by atoms with Crippen molar-refractivity contribution >= 4 is 29.7 Å². The number of amides is 1. The lowest BCUT2D eigenvalue weighted by Gasteiger charge is -2.28. The van der Waals surface area contributed by atoms with Crippen LogP contribution in [0.25, 0.3) is 0 Å². The lowest BCUT2D eigenvalue weighted by atomic mass is 9.78. The van der Waals surface area contributed by atoms with Crippen LogP contribution in [0.4, 0.5) is 0 Å². The molecule has 0 saturated carbocycles. The number of carbonyl (C=O) groups is 2. The van der Waals surface area contributed by atoms with Crippen LogP contribution >= 0.6 is 11.8 Å². The van der Waals surface area contributed by atoms with Gasteiger partial charge in [0, 0.05) is 36.0 Å². The normalized spacial score (nSPS) is 12.8. The molecule has 0 fully saturated rings. The van der Waals surface area contributed by atoms with Gasteiger partial charge in [-0.25, -0.2) is 5.43 Å². The Morgan fingerprint density at radius 3 is 1.79 bits per heavy atom. The predicted octanol–water partition coefficient (Wildman–Crippen LogP) is 11.5. The summed E-state index contributed by atoms with van der Waals surface area (Å²) in [6.45, 7) is 18.9. The fraction of sp³-hybridized carbons (Fsp3) is 0.732. The number of phenolic OH excluding ortho intramolecular Hbond substituents is 1. The minimum absolute atomic E-state index is 0.139. The molecule has 2 N–H and O–H groups in total. The number of Topliss-reactive ketones (excluding diaryl/α,β-unsaturated/α-hetero) is 1. The van der Waals surface area contributed by atoms with Gasteiger partial charge in [-0.2, -0.15) is 5.10 Å². The van der Waals surface area contributed by atoms with Crippen LogP contribution in [0.1, 0.15) is 182 Å². The zero-order valence-electron chi connectivity index (χ0n) is 31.7. The molecule has 0 atom stereocenters. The topological polar surface area (TPSA) is 78.8 Å². The third-order valence-electron chi connectivity index (χ3n) is 8.56. The average molecular weight is 671 g/mol. The van der Waals surface area contributed by atoms with Crippen molar-refractivity contribution in [3.05, 3.63) is 41.0 Å². The van der Waals surface area contributed by atoms with Gasteiger partial charge in [-0.1, -0.05) is 124 Å². The fourth-order valence-electron chi connectivity index (χ4n) is 5.54. The molecule has 0 aliphatic rings. The van der Waals surface area contributed by atoms with Gasteiger partial charge < -0.3 is 5.11 Å². The second kappa shape index (κ2) is 22.5. The van der Waals surface area contributed by atoms with E-state index in [9.17, 15) is 14.7 Å². The van der Waals surface area contributed by atoms with Crippen LogP contribution in [0.15, 0.2) is 29.4 Å². The van der Waals surface area contributed by atoms with E-state index in [1.807, 2.05) is 12.1 Å². The number of unbranched alkanes of at least 4 members (excludes halogenated alkanes) is 11. The summed E-state index contributed by atoms with van der Waals surface area (Å²) in [4.78, 5) is 25.0. The number of hydrazone groups is 1. The van der Waals surface area contributed by atoms with Gasteiger partial charge in [-0.3, -0.25) is 9.59 Å². The molecule has 6 heteroatoms. The van der Waals surface area contributed by atoms with Crippen LogP contribution in [0.3, 0.4) is 0 Å². The molecule has 1 aromatic carbocycles. The molecule has 0 saturated heterocycles. The second-order valence-electron chi connectivity index (χ2n) is 15.9. The third kappa shape index (κ3) is 20.1. The van der Waals surface area contributed by atoms with E-state index in [1.54, 1.807) is 18.0 Å². The van der Waals surface area contributed by atoms with E-state index in [4.69, 9.17) is 0 Å². The Balaban J connectivity index is 2.25. The van der Waals surface area contributed by atoms with Gasteiger partial charge in [0.25, 0.3) is 0 Å². The van der Waals surface area contributed by atoms with Crippen molar-refractivity contribution in [2.75, 3.05) is 5.75 Å². The van der Waals surface area contributed by atoms with Gasteiger partial charge in [-0.15, -0.1) is 11.8 Å². The van der Waals surface area contributed by atoms with Crippen molar-refractivity contribution in [1.82, 2.24) is 5.43 Å². The SMILES string of the molecule is CCCCCCCCC=CCCCCCCCC(=O)CCSC(C)(C)C=NNC(=O)CCc1cc(C(C)(C)C)c(O)c(C(C)(C)C)c1. The molecule has 47 heavy (non-hydrogen) atoms. The lowest BCUT2D eigenvalue weighted by molar-refractivity contribution is -0.121. The van der Waals surface area contributed by atoms with E-state index in [2.05, 4.69) is 85.0 Å².